The number of aryl methyl sites for hydroxylation is 1. The van der Waals surface area contributed by atoms with Gasteiger partial charge in [-0.15, -0.1) is 0 Å². The third kappa shape index (κ3) is 4.20. The molecule has 1 aromatic heterocycles. The SMILES string of the molecule is CCSNc1cc(/C(=C/N(C)C=O)c2ccccc2C)c2oc(C3CC3)cc2c1. The summed E-state index contributed by atoms with van der Waals surface area (Å²) in [4.78, 5) is 13.0. The maximum absolute atomic E-state index is 11.4. The molecule has 0 spiro atoms. The second kappa shape index (κ2) is 8.37. The number of furan rings is 1. The van der Waals surface area contributed by atoms with Gasteiger partial charge in [0, 0.05) is 47.1 Å². The number of benzene rings is 2. The summed E-state index contributed by atoms with van der Waals surface area (Å²) in [5, 5.41) is 1.09. The zero-order chi connectivity index (χ0) is 20.4. The fourth-order valence-electron chi connectivity index (χ4n) is 3.55. The molecule has 0 unspecified atom stereocenters. The summed E-state index contributed by atoms with van der Waals surface area (Å²) in [5.74, 6) is 2.58. The normalized spacial score (nSPS) is 14.2. The minimum Gasteiger partial charge on any atom is -0.460 e. The Kier molecular flexibility index (Phi) is 5.67. The smallest absolute Gasteiger partial charge is 0.213 e. The fraction of sp³-hybridized carbons (Fsp3) is 0.292. The van der Waals surface area contributed by atoms with Gasteiger partial charge in [0.2, 0.25) is 6.41 Å². The molecule has 4 nitrogen and oxygen atoms in total. The molecule has 2 aromatic carbocycles. The van der Waals surface area contributed by atoms with Crippen LogP contribution < -0.4 is 4.72 Å². The van der Waals surface area contributed by atoms with Gasteiger partial charge in [-0.3, -0.25) is 4.79 Å². The van der Waals surface area contributed by atoms with E-state index in [1.807, 2.05) is 18.3 Å². The lowest BCUT2D eigenvalue weighted by atomic mass is 9.93. The Balaban J connectivity index is 1.94. The van der Waals surface area contributed by atoms with E-state index >= 15 is 0 Å². The molecule has 1 N–H and O–H groups in total. The zero-order valence-corrected chi connectivity index (χ0v) is 17.9. The molecule has 29 heavy (non-hydrogen) atoms. The van der Waals surface area contributed by atoms with E-state index in [0.717, 1.165) is 56.8 Å². The average molecular weight is 407 g/mol. The highest BCUT2D eigenvalue weighted by atomic mass is 32.2. The van der Waals surface area contributed by atoms with E-state index in [4.69, 9.17) is 4.42 Å². The highest BCUT2D eigenvalue weighted by Crippen LogP contribution is 2.44. The van der Waals surface area contributed by atoms with Crippen LogP contribution >= 0.6 is 11.9 Å². The van der Waals surface area contributed by atoms with Crippen LogP contribution in [0.5, 0.6) is 0 Å². The third-order valence-electron chi connectivity index (χ3n) is 5.17. The van der Waals surface area contributed by atoms with Crippen molar-refractivity contribution in [2.24, 2.45) is 0 Å². The van der Waals surface area contributed by atoms with E-state index in [1.165, 1.54) is 12.8 Å². The molecule has 1 aliphatic rings. The summed E-state index contributed by atoms with van der Waals surface area (Å²) in [7, 11) is 1.76. The summed E-state index contributed by atoms with van der Waals surface area (Å²) >= 11 is 1.67. The molecule has 1 saturated carbocycles. The Morgan fingerprint density at radius 2 is 2.03 bits per heavy atom. The number of hydrogen-bond acceptors (Lipinski definition) is 4. The Bertz CT molecular complexity index is 1070. The van der Waals surface area contributed by atoms with Gasteiger partial charge in [-0.05, 0) is 49.1 Å². The molecular weight excluding hydrogens is 380 g/mol. The van der Waals surface area contributed by atoms with Crippen molar-refractivity contribution >= 4 is 40.6 Å². The van der Waals surface area contributed by atoms with Crippen molar-refractivity contribution in [3.05, 3.63) is 71.1 Å². The Morgan fingerprint density at radius 1 is 1.24 bits per heavy atom. The van der Waals surface area contributed by atoms with Crippen LogP contribution in [0.3, 0.4) is 0 Å². The van der Waals surface area contributed by atoms with Gasteiger partial charge in [0.15, 0.2) is 0 Å². The highest BCUT2D eigenvalue weighted by molar-refractivity contribution is 8.00. The van der Waals surface area contributed by atoms with E-state index in [0.29, 0.717) is 5.92 Å². The van der Waals surface area contributed by atoms with Gasteiger partial charge >= 0.3 is 0 Å². The first-order chi connectivity index (χ1) is 14.1. The van der Waals surface area contributed by atoms with Crippen LogP contribution in [0.1, 0.15) is 48.1 Å². The first-order valence-corrected chi connectivity index (χ1v) is 11.0. The summed E-state index contributed by atoms with van der Waals surface area (Å²) in [5.41, 5.74) is 6.14. The van der Waals surface area contributed by atoms with Gasteiger partial charge in [0.1, 0.15) is 11.3 Å². The molecule has 0 aliphatic heterocycles. The van der Waals surface area contributed by atoms with Crippen LogP contribution in [-0.2, 0) is 4.79 Å². The van der Waals surface area contributed by atoms with Crippen molar-refractivity contribution in [3.63, 3.8) is 0 Å². The minimum absolute atomic E-state index is 0.542. The van der Waals surface area contributed by atoms with E-state index < -0.39 is 0 Å². The third-order valence-corrected chi connectivity index (χ3v) is 5.84. The van der Waals surface area contributed by atoms with Gasteiger partial charge in [-0.2, -0.15) is 0 Å². The number of amides is 1. The Labute approximate surface area is 176 Å². The second-order valence-corrected chi connectivity index (χ2v) is 8.60. The van der Waals surface area contributed by atoms with Gasteiger partial charge in [-0.1, -0.05) is 43.1 Å². The van der Waals surface area contributed by atoms with E-state index in [-0.39, 0.29) is 0 Å². The molecular formula is C24H26N2O2S. The van der Waals surface area contributed by atoms with Crippen LogP contribution in [0, 0.1) is 6.92 Å². The molecule has 5 heteroatoms. The number of nitrogens with zero attached hydrogens (tertiary/aromatic N) is 1. The quantitative estimate of drug-likeness (QED) is 0.359. The van der Waals surface area contributed by atoms with Crippen molar-refractivity contribution in [1.82, 2.24) is 4.90 Å². The van der Waals surface area contributed by atoms with Gasteiger partial charge in [0.25, 0.3) is 0 Å². The lowest BCUT2D eigenvalue weighted by molar-refractivity contribution is -0.114. The van der Waals surface area contributed by atoms with Gasteiger partial charge < -0.3 is 14.0 Å². The maximum Gasteiger partial charge on any atom is 0.213 e. The predicted octanol–water partition coefficient (Wildman–Crippen LogP) is 6.18. The first-order valence-electron chi connectivity index (χ1n) is 10.0. The van der Waals surface area contributed by atoms with Gasteiger partial charge in [-0.25, -0.2) is 0 Å². The molecule has 1 heterocycles. The zero-order valence-electron chi connectivity index (χ0n) is 17.1. The summed E-state index contributed by atoms with van der Waals surface area (Å²) in [6, 6.07) is 14.7. The number of anilines is 1. The van der Waals surface area contributed by atoms with Crippen LogP contribution in [0.15, 0.2) is 53.1 Å². The molecule has 1 amide bonds. The molecule has 0 saturated heterocycles. The second-order valence-electron chi connectivity index (χ2n) is 7.53. The summed E-state index contributed by atoms with van der Waals surface area (Å²) < 4.78 is 9.79. The van der Waals surface area contributed by atoms with Crippen molar-refractivity contribution in [2.75, 3.05) is 17.5 Å². The largest absolute Gasteiger partial charge is 0.460 e. The van der Waals surface area contributed by atoms with Crippen molar-refractivity contribution in [1.29, 1.82) is 0 Å². The van der Waals surface area contributed by atoms with Crippen LogP contribution in [0.4, 0.5) is 5.69 Å². The van der Waals surface area contributed by atoms with Crippen LogP contribution in [0.2, 0.25) is 0 Å². The van der Waals surface area contributed by atoms with Gasteiger partial charge in [0.05, 0.1) is 0 Å². The lowest BCUT2D eigenvalue weighted by Crippen LogP contribution is -2.09. The standard InChI is InChI=1S/C24H26N2O2S/c1-4-29-25-19-11-18-12-23(17-9-10-17)28-24(18)21(13-19)22(14-26(3)15-27)20-8-6-5-7-16(20)2/h5-8,11-15,17,25H,4,9-10H2,1-3H3/b22-14+. The molecule has 0 radical (unpaired) electrons. The number of carbonyl (C=O) groups excluding carboxylic acids is 1. The topological polar surface area (TPSA) is 45.5 Å². The monoisotopic (exact) mass is 406 g/mol. The molecule has 1 aliphatic carbocycles. The Morgan fingerprint density at radius 3 is 2.72 bits per heavy atom. The molecule has 0 atom stereocenters. The molecule has 0 bridgehead atoms. The molecule has 150 valence electrons. The summed E-state index contributed by atoms with van der Waals surface area (Å²) in [6.07, 6.45) is 5.10. The number of hydrogen-bond donors (Lipinski definition) is 1. The van der Waals surface area contributed by atoms with Crippen molar-refractivity contribution in [3.8, 4) is 0 Å². The van der Waals surface area contributed by atoms with E-state index in [1.54, 1.807) is 23.9 Å². The fourth-order valence-corrected chi connectivity index (χ4v) is 3.98. The number of carbonyl (C=O) groups is 1. The molecule has 3 aromatic rings. The predicted molar refractivity (Wildman–Crippen MR) is 122 cm³/mol. The van der Waals surface area contributed by atoms with E-state index in [2.05, 4.69) is 48.9 Å². The first kappa shape index (κ1) is 19.6. The number of nitrogens with one attached hydrogen (secondary N) is 1. The van der Waals surface area contributed by atoms with E-state index in [9.17, 15) is 4.79 Å². The van der Waals surface area contributed by atoms with Crippen molar-refractivity contribution in [2.45, 2.75) is 32.6 Å². The van der Waals surface area contributed by atoms with Crippen LogP contribution in [0.25, 0.3) is 16.5 Å². The minimum atomic E-state index is 0.542. The molecule has 1 fully saturated rings. The highest BCUT2D eigenvalue weighted by Gasteiger charge is 2.28. The average Bonchev–Trinajstić information content (AvgIpc) is 3.49. The summed E-state index contributed by atoms with van der Waals surface area (Å²) in [6.45, 7) is 4.21. The maximum atomic E-state index is 11.4. The Hall–Kier alpha value is -2.66. The number of rotatable bonds is 8. The lowest BCUT2D eigenvalue weighted by Gasteiger charge is -2.16. The molecule has 4 rings (SSSR count). The van der Waals surface area contributed by atoms with Crippen molar-refractivity contribution < 1.29 is 9.21 Å². The number of fused-ring (bicyclic) bond motifs is 1. The van der Waals surface area contributed by atoms with Crippen LogP contribution in [-0.4, -0.2) is 24.1 Å².